The highest BCUT2D eigenvalue weighted by Gasteiger charge is 2.27. The van der Waals surface area contributed by atoms with Crippen LogP contribution in [0.3, 0.4) is 0 Å². The quantitative estimate of drug-likeness (QED) is 0.258. The van der Waals surface area contributed by atoms with Crippen LogP contribution in [0.2, 0.25) is 0 Å². The van der Waals surface area contributed by atoms with E-state index in [0.717, 1.165) is 12.0 Å². The zero-order chi connectivity index (χ0) is 25.6. The van der Waals surface area contributed by atoms with E-state index in [9.17, 15) is 4.79 Å². The number of unbranched alkanes of at least 4 members (excludes halogenated alkanes) is 5. The summed E-state index contributed by atoms with van der Waals surface area (Å²) in [5.41, 5.74) is 0.615. The molecule has 0 spiro atoms. The molecular formula is C28H31N3O5S. The Hall–Kier alpha value is -3.59. The predicted octanol–water partition coefficient (Wildman–Crippen LogP) is 4.96. The third kappa shape index (κ3) is 5.72. The number of ether oxygens (including phenoxy) is 4. The van der Waals surface area contributed by atoms with Crippen molar-refractivity contribution in [2.75, 3.05) is 20.3 Å². The zero-order valence-corrected chi connectivity index (χ0v) is 22.0. The van der Waals surface area contributed by atoms with Crippen molar-refractivity contribution >= 4 is 22.4 Å². The summed E-state index contributed by atoms with van der Waals surface area (Å²) in [6.07, 6.45) is 8.62. The van der Waals surface area contributed by atoms with Crippen LogP contribution < -0.4 is 29.0 Å². The molecule has 1 aliphatic heterocycles. The highest BCUT2D eigenvalue weighted by molar-refractivity contribution is 7.15. The van der Waals surface area contributed by atoms with E-state index < -0.39 is 6.10 Å². The van der Waals surface area contributed by atoms with E-state index in [1.54, 1.807) is 7.11 Å². The van der Waals surface area contributed by atoms with Crippen molar-refractivity contribution in [3.63, 3.8) is 0 Å². The molecule has 9 heteroatoms. The molecule has 0 radical (unpaired) electrons. The lowest BCUT2D eigenvalue weighted by Crippen LogP contribution is -2.26. The van der Waals surface area contributed by atoms with Gasteiger partial charge in [0.2, 0.25) is 4.96 Å². The minimum Gasteiger partial charge on any atom is -0.493 e. The summed E-state index contributed by atoms with van der Waals surface area (Å²) in [6.45, 7) is 3.17. The van der Waals surface area contributed by atoms with E-state index in [1.165, 1.54) is 48.0 Å². The maximum atomic E-state index is 13.0. The Morgan fingerprint density at radius 2 is 1.89 bits per heavy atom. The summed E-state index contributed by atoms with van der Waals surface area (Å²) >= 11 is 1.28. The Kier molecular flexibility index (Phi) is 7.89. The summed E-state index contributed by atoms with van der Waals surface area (Å²) in [4.78, 5) is 18.1. The Morgan fingerprint density at radius 3 is 2.70 bits per heavy atom. The largest absolute Gasteiger partial charge is 0.493 e. The molecule has 0 bridgehead atoms. The Morgan fingerprint density at radius 1 is 1.08 bits per heavy atom. The standard InChI is InChI=1S/C28H31N3O5S/c1-3-4-5-6-7-10-15-34-21-14-13-19(16-23(21)33-2)17-25-27(32)31-28(37-25)29-26(30-31)24-18-35-20-11-8-9-12-22(20)36-24/h8-9,11-14,16-17,24H,3-7,10,15,18H2,1-2H3/b25-17+/t24-/m1/s1. The lowest BCUT2D eigenvalue weighted by Gasteiger charge is -2.24. The summed E-state index contributed by atoms with van der Waals surface area (Å²) in [5.74, 6) is 3.11. The van der Waals surface area contributed by atoms with Crippen molar-refractivity contribution in [3.05, 3.63) is 68.7 Å². The number of aromatic nitrogens is 3. The summed E-state index contributed by atoms with van der Waals surface area (Å²) in [7, 11) is 1.62. The molecule has 2 aromatic carbocycles. The second kappa shape index (κ2) is 11.6. The molecule has 194 valence electrons. The number of thiazole rings is 1. The van der Waals surface area contributed by atoms with Crippen LogP contribution in [0.25, 0.3) is 11.0 Å². The van der Waals surface area contributed by atoms with Crippen molar-refractivity contribution in [1.29, 1.82) is 0 Å². The molecular weight excluding hydrogens is 490 g/mol. The number of benzene rings is 2. The molecule has 2 aromatic heterocycles. The van der Waals surface area contributed by atoms with Crippen LogP contribution >= 0.6 is 11.3 Å². The molecule has 0 saturated heterocycles. The van der Waals surface area contributed by atoms with E-state index in [1.807, 2.05) is 48.5 Å². The molecule has 1 aliphatic rings. The summed E-state index contributed by atoms with van der Waals surface area (Å²) in [6, 6.07) is 13.1. The summed E-state index contributed by atoms with van der Waals surface area (Å²) < 4.78 is 25.1. The van der Waals surface area contributed by atoms with Gasteiger partial charge in [-0.05, 0) is 42.3 Å². The molecule has 1 atom stereocenters. The molecule has 4 aromatic rings. The second-order valence-corrected chi connectivity index (χ2v) is 9.98. The molecule has 3 heterocycles. The fourth-order valence-electron chi connectivity index (χ4n) is 4.24. The van der Waals surface area contributed by atoms with Gasteiger partial charge in [0.1, 0.15) is 6.61 Å². The maximum absolute atomic E-state index is 13.0. The van der Waals surface area contributed by atoms with Crippen molar-refractivity contribution in [1.82, 2.24) is 14.6 Å². The van der Waals surface area contributed by atoms with Crippen LogP contribution in [-0.2, 0) is 0 Å². The van der Waals surface area contributed by atoms with Gasteiger partial charge in [-0.3, -0.25) is 4.79 Å². The van der Waals surface area contributed by atoms with Gasteiger partial charge in [-0.1, -0.05) is 68.6 Å². The average molecular weight is 522 g/mol. The SMILES string of the molecule is CCCCCCCCOc1ccc(/C=c2/sc3nc([C@H]4COc5ccccc5O4)nn3c2=O)cc1OC. The van der Waals surface area contributed by atoms with E-state index in [-0.39, 0.29) is 12.2 Å². The highest BCUT2D eigenvalue weighted by Crippen LogP contribution is 2.35. The van der Waals surface area contributed by atoms with Crippen LogP contribution in [0.5, 0.6) is 23.0 Å². The number of methoxy groups -OCH3 is 1. The van der Waals surface area contributed by atoms with Gasteiger partial charge in [0.05, 0.1) is 18.2 Å². The molecule has 8 nitrogen and oxygen atoms in total. The van der Waals surface area contributed by atoms with Gasteiger partial charge in [0.15, 0.2) is 34.9 Å². The van der Waals surface area contributed by atoms with Crippen molar-refractivity contribution in [2.45, 2.75) is 51.6 Å². The van der Waals surface area contributed by atoms with Crippen LogP contribution in [0.15, 0.2) is 47.3 Å². The van der Waals surface area contributed by atoms with Gasteiger partial charge in [0.25, 0.3) is 5.56 Å². The second-order valence-electron chi connectivity index (χ2n) is 8.97. The van der Waals surface area contributed by atoms with Crippen LogP contribution in [0.4, 0.5) is 0 Å². The van der Waals surface area contributed by atoms with Crippen LogP contribution in [0, 0.1) is 0 Å². The molecule has 37 heavy (non-hydrogen) atoms. The monoisotopic (exact) mass is 521 g/mol. The molecule has 5 rings (SSSR count). The average Bonchev–Trinajstić information content (AvgIpc) is 3.47. The van der Waals surface area contributed by atoms with Gasteiger partial charge < -0.3 is 18.9 Å². The first-order chi connectivity index (χ1) is 18.2. The minimum atomic E-state index is -0.470. The van der Waals surface area contributed by atoms with E-state index in [0.29, 0.717) is 44.9 Å². The normalized spacial score (nSPS) is 15.3. The number of hydrogen-bond donors (Lipinski definition) is 0. The molecule has 0 fully saturated rings. The fourth-order valence-corrected chi connectivity index (χ4v) is 5.16. The first-order valence-electron chi connectivity index (χ1n) is 12.8. The van der Waals surface area contributed by atoms with Gasteiger partial charge in [0, 0.05) is 0 Å². The molecule has 0 unspecified atom stereocenters. The first kappa shape index (κ1) is 25.1. The number of rotatable bonds is 11. The van der Waals surface area contributed by atoms with E-state index >= 15 is 0 Å². The van der Waals surface area contributed by atoms with Crippen molar-refractivity contribution in [2.24, 2.45) is 0 Å². The number of nitrogens with zero attached hydrogens (tertiary/aromatic N) is 3. The predicted molar refractivity (Wildman–Crippen MR) is 143 cm³/mol. The Labute approximate surface area is 219 Å². The molecule has 0 N–H and O–H groups in total. The topological polar surface area (TPSA) is 84.2 Å². The summed E-state index contributed by atoms with van der Waals surface area (Å²) in [5, 5.41) is 4.42. The third-order valence-corrected chi connectivity index (χ3v) is 7.19. The number of hydrogen-bond acceptors (Lipinski definition) is 8. The van der Waals surface area contributed by atoms with Gasteiger partial charge in [-0.25, -0.2) is 0 Å². The van der Waals surface area contributed by atoms with Crippen LogP contribution in [-0.4, -0.2) is 34.9 Å². The van der Waals surface area contributed by atoms with Gasteiger partial charge in [-0.15, -0.1) is 5.10 Å². The number of para-hydroxylation sites is 2. The Bertz CT molecular complexity index is 1460. The van der Waals surface area contributed by atoms with E-state index in [4.69, 9.17) is 18.9 Å². The molecule has 0 saturated carbocycles. The van der Waals surface area contributed by atoms with Crippen molar-refractivity contribution in [3.8, 4) is 23.0 Å². The third-order valence-electron chi connectivity index (χ3n) is 6.24. The van der Waals surface area contributed by atoms with Crippen molar-refractivity contribution < 1.29 is 18.9 Å². The zero-order valence-electron chi connectivity index (χ0n) is 21.1. The van der Waals surface area contributed by atoms with Crippen LogP contribution in [0.1, 0.15) is 62.9 Å². The van der Waals surface area contributed by atoms with Gasteiger partial charge in [-0.2, -0.15) is 9.50 Å². The highest BCUT2D eigenvalue weighted by atomic mass is 32.1. The van der Waals surface area contributed by atoms with Gasteiger partial charge >= 0.3 is 0 Å². The molecule has 0 amide bonds. The number of fused-ring (bicyclic) bond motifs is 2. The Balaban J connectivity index is 1.28. The lowest BCUT2D eigenvalue weighted by atomic mass is 10.1. The smallest absolute Gasteiger partial charge is 0.291 e. The van der Waals surface area contributed by atoms with E-state index in [2.05, 4.69) is 17.0 Å². The first-order valence-corrected chi connectivity index (χ1v) is 13.6. The lowest BCUT2D eigenvalue weighted by molar-refractivity contribution is 0.0852. The fraction of sp³-hybridized carbons (Fsp3) is 0.393. The molecule has 0 aliphatic carbocycles. The minimum absolute atomic E-state index is 0.224. The maximum Gasteiger partial charge on any atom is 0.291 e.